The molecular formula is C32H40N4O4. The molecule has 3 amide bonds. The van der Waals surface area contributed by atoms with Gasteiger partial charge in [-0.05, 0) is 61.4 Å². The molecule has 2 fully saturated rings. The van der Waals surface area contributed by atoms with Crippen LogP contribution < -0.4 is 10.6 Å². The number of nitrogens with one attached hydrogen (secondary N) is 2. The van der Waals surface area contributed by atoms with Crippen molar-refractivity contribution in [3.8, 4) is 0 Å². The van der Waals surface area contributed by atoms with E-state index in [4.69, 9.17) is 0 Å². The lowest BCUT2D eigenvalue weighted by atomic mass is 9.78. The van der Waals surface area contributed by atoms with Crippen molar-refractivity contribution < 1.29 is 19.2 Å². The molecule has 0 aromatic heterocycles. The van der Waals surface area contributed by atoms with E-state index in [0.717, 1.165) is 67.8 Å². The van der Waals surface area contributed by atoms with Crippen LogP contribution in [0, 0.1) is 11.8 Å². The highest BCUT2D eigenvalue weighted by Crippen LogP contribution is 2.31. The lowest BCUT2D eigenvalue weighted by molar-refractivity contribution is -0.136. The average molecular weight is 545 g/mol. The van der Waals surface area contributed by atoms with Crippen LogP contribution in [0.25, 0.3) is 0 Å². The molecule has 2 atom stereocenters. The number of imide groups is 1. The van der Waals surface area contributed by atoms with Crippen LogP contribution in [0.5, 0.6) is 0 Å². The predicted octanol–water partition coefficient (Wildman–Crippen LogP) is 2.87. The van der Waals surface area contributed by atoms with E-state index in [0.29, 0.717) is 38.6 Å². The summed E-state index contributed by atoms with van der Waals surface area (Å²) in [5.74, 6) is -0.556. The number of benzene rings is 2. The van der Waals surface area contributed by atoms with Gasteiger partial charge >= 0.3 is 0 Å². The van der Waals surface area contributed by atoms with Crippen LogP contribution in [-0.2, 0) is 40.3 Å². The molecule has 2 aliphatic heterocycles. The number of ketones is 1. The van der Waals surface area contributed by atoms with E-state index in [1.54, 1.807) is 0 Å². The smallest absolute Gasteiger partial charge is 0.229 e. The van der Waals surface area contributed by atoms with Gasteiger partial charge in [-0.25, -0.2) is 0 Å². The number of hydrogen-bond acceptors (Lipinski definition) is 6. The molecule has 8 heteroatoms. The number of piperazine rings is 1. The largest absolute Gasteiger partial charge is 0.352 e. The molecule has 2 aromatic carbocycles. The first-order chi connectivity index (χ1) is 19.3. The Kier molecular flexibility index (Phi) is 9.07. The first kappa shape index (κ1) is 28.2. The number of amides is 3. The second-order valence-corrected chi connectivity index (χ2v) is 11.7. The number of piperidine rings is 1. The second kappa shape index (κ2) is 12.9. The molecule has 0 radical (unpaired) electrons. The fraction of sp³-hybridized carbons (Fsp3) is 0.500. The molecule has 2 aromatic rings. The topological polar surface area (TPSA) is 98.8 Å². The van der Waals surface area contributed by atoms with Crippen LogP contribution in [0.4, 0.5) is 0 Å². The van der Waals surface area contributed by atoms with Gasteiger partial charge in [-0.15, -0.1) is 0 Å². The highest BCUT2D eigenvalue weighted by molar-refractivity contribution is 6.00. The third-order valence-corrected chi connectivity index (χ3v) is 8.63. The van der Waals surface area contributed by atoms with Gasteiger partial charge in [0.2, 0.25) is 17.7 Å². The minimum absolute atomic E-state index is 0.0148. The summed E-state index contributed by atoms with van der Waals surface area (Å²) in [6.07, 6.45) is 4.16. The lowest BCUT2D eigenvalue weighted by Gasteiger charge is -2.32. The predicted molar refractivity (Wildman–Crippen MR) is 152 cm³/mol. The van der Waals surface area contributed by atoms with Crippen LogP contribution >= 0.6 is 0 Å². The molecule has 0 saturated carbocycles. The molecule has 1 aliphatic carbocycles. The Bertz CT molecular complexity index is 1270. The molecule has 40 heavy (non-hydrogen) atoms. The van der Waals surface area contributed by atoms with Crippen LogP contribution in [0.15, 0.2) is 42.5 Å². The fourth-order valence-corrected chi connectivity index (χ4v) is 6.13. The fourth-order valence-electron chi connectivity index (χ4n) is 6.13. The summed E-state index contributed by atoms with van der Waals surface area (Å²) < 4.78 is 0. The molecule has 8 nitrogen and oxygen atoms in total. The van der Waals surface area contributed by atoms with Crippen LogP contribution in [0.1, 0.15) is 64.7 Å². The SMILES string of the molecule is CN1CCN(Cc2cccc(CC(=O)NCc3ccc4c(c3)CCC(CCC3CCC(=O)NC3=O)C4=O)c2)CC1. The molecule has 0 spiro atoms. The normalized spacial score (nSPS) is 22.1. The summed E-state index contributed by atoms with van der Waals surface area (Å²) in [6, 6.07) is 14.2. The summed E-state index contributed by atoms with van der Waals surface area (Å²) in [6.45, 7) is 5.65. The van der Waals surface area contributed by atoms with Gasteiger partial charge in [-0.1, -0.05) is 42.5 Å². The van der Waals surface area contributed by atoms with Gasteiger partial charge < -0.3 is 10.2 Å². The third kappa shape index (κ3) is 7.23. The Labute approximate surface area is 236 Å². The Morgan fingerprint density at radius 3 is 2.45 bits per heavy atom. The molecule has 5 rings (SSSR count). The Balaban J connectivity index is 1.09. The summed E-state index contributed by atoms with van der Waals surface area (Å²) >= 11 is 0. The van der Waals surface area contributed by atoms with Crippen molar-refractivity contribution in [2.24, 2.45) is 11.8 Å². The Morgan fingerprint density at radius 2 is 1.65 bits per heavy atom. The van der Waals surface area contributed by atoms with Gasteiger partial charge in [0.25, 0.3) is 0 Å². The van der Waals surface area contributed by atoms with Crippen molar-refractivity contribution in [3.63, 3.8) is 0 Å². The second-order valence-electron chi connectivity index (χ2n) is 11.7. The summed E-state index contributed by atoms with van der Waals surface area (Å²) in [7, 11) is 2.16. The molecule has 0 bridgehead atoms. The maximum Gasteiger partial charge on any atom is 0.229 e. The summed E-state index contributed by atoms with van der Waals surface area (Å²) in [5, 5.41) is 5.45. The maximum atomic E-state index is 13.1. The number of carbonyl (C=O) groups is 4. The highest BCUT2D eigenvalue weighted by Gasteiger charge is 2.31. The van der Waals surface area contributed by atoms with Crippen molar-refractivity contribution in [3.05, 3.63) is 70.3 Å². The zero-order valence-electron chi connectivity index (χ0n) is 23.4. The monoisotopic (exact) mass is 544 g/mol. The number of nitrogens with zero attached hydrogens (tertiary/aromatic N) is 2. The number of fused-ring (bicyclic) bond motifs is 1. The van der Waals surface area contributed by atoms with Crippen LogP contribution in [0.2, 0.25) is 0 Å². The van der Waals surface area contributed by atoms with E-state index in [1.807, 2.05) is 30.3 Å². The first-order valence-corrected chi connectivity index (χ1v) is 14.6. The highest BCUT2D eigenvalue weighted by atomic mass is 16.2. The van der Waals surface area contributed by atoms with Crippen LogP contribution in [-0.4, -0.2) is 66.5 Å². The number of likely N-dealkylation sites (N-methyl/N-ethyl adjacent to an activating group) is 1. The molecule has 2 unspecified atom stereocenters. The summed E-state index contributed by atoms with van der Waals surface area (Å²) in [5.41, 5.74) is 5.04. The van der Waals surface area contributed by atoms with Crippen molar-refractivity contribution in [2.45, 2.75) is 58.0 Å². The number of rotatable bonds is 9. The Hall–Kier alpha value is -3.36. The van der Waals surface area contributed by atoms with Crippen molar-refractivity contribution in [2.75, 3.05) is 33.2 Å². The quantitative estimate of drug-likeness (QED) is 0.471. The number of carbonyl (C=O) groups excluding carboxylic acids is 4. The van der Waals surface area contributed by atoms with Crippen molar-refractivity contribution in [1.29, 1.82) is 0 Å². The van der Waals surface area contributed by atoms with Gasteiger partial charge in [0.05, 0.1) is 6.42 Å². The number of hydrogen-bond donors (Lipinski definition) is 2. The van der Waals surface area contributed by atoms with E-state index in [1.165, 1.54) is 5.56 Å². The van der Waals surface area contributed by atoms with E-state index in [9.17, 15) is 19.2 Å². The van der Waals surface area contributed by atoms with E-state index in [2.05, 4.69) is 39.6 Å². The lowest BCUT2D eigenvalue weighted by Crippen LogP contribution is -2.43. The third-order valence-electron chi connectivity index (χ3n) is 8.63. The van der Waals surface area contributed by atoms with Gasteiger partial charge in [-0.3, -0.25) is 29.4 Å². The minimum atomic E-state index is -0.207. The van der Waals surface area contributed by atoms with Gasteiger partial charge in [0, 0.05) is 63.1 Å². The average Bonchev–Trinajstić information content (AvgIpc) is 2.94. The molecule has 212 valence electrons. The zero-order chi connectivity index (χ0) is 28.1. The number of aryl methyl sites for hydroxylation is 1. The van der Waals surface area contributed by atoms with E-state index >= 15 is 0 Å². The van der Waals surface area contributed by atoms with Crippen molar-refractivity contribution in [1.82, 2.24) is 20.4 Å². The Morgan fingerprint density at radius 1 is 0.900 bits per heavy atom. The molecule has 3 aliphatic rings. The van der Waals surface area contributed by atoms with Crippen molar-refractivity contribution >= 4 is 23.5 Å². The minimum Gasteiger partial charge on any atom is -0.352 e. The van der Waals surface area contributed by atoms with Gasteiger partial charge in [0.15, 0.2) is 5.78 Å². The number of Topliss-reactive ketones (excluding diaryl/α,β-unsaturated/α-hetero) is 1. The standard InChI is InChI=1S/C32H40N4O4/c1-35-13-15-36(16-14-35)21-24-4-2-3-22(17-24)19-30(38)33-20-23-5-11-28-27(18-23)9-7-25(31(28)39)6-8-26-10-12-29(37)34-32(26)40/h2-5,11,17-18,25-26H,6-10,12-16,19-21H2,1H3,(H,33,38)(H,34,37,40). The first-order valence-electron chi connectivity index (χ1n) is 14.6. The van der Waals surface area contributed by atoms with E-state index in [-0.39, 0.29) is 35.3 Å². The van der Waals surface area contributed by atoms with Gasteiger partial charge in [0.1, 0.15) is 0 Å². The maximum absolute atomic E-state index is 13.1. The molecule has 2 heterocycles. The summed E-state index contributed by atoms with van der Waals surface area (Å²) in [4.78, 5) is 54.1. The van der Waals surface area contributed by atoms with Gasteiger partial charge in [-0.2, -0.15) is 0 Å². The molecule has 2 saturated heterocycles. The zero-order valence-corrected chi connectivity index (χ0v) is 23.4. The van der Waals surface area contributed by atoms with E-state index < -0.39 is 0 Å². The molecule has 2 N–H and O–H groups in total. The molecular weight excluding hydrogens is 504 g/mol. The van der Waals surface area contributed by atoms with Crippen LogP contribution in [0.3, 0.4) is 0 Å².